The van der Waals surface area contributed by atoms with Crippen molar-refractivity contribution in [2.45, 2.75) is 13.2 Å². The van der Waals surface area contributed by atoms with Crippen LogP contribution in [0.4, 0.5) is 0 Å². The molecule has 0 spiro atoms. The average molecular weight is 595 g/mol. The highest BCUT2D eigenvalue weighted by molar-refractivity contribution is 7.80. The third-order valence-electron chi connectivity index (χ3n) is 7.73. The molecule has 210 valence electrons. The molecule has 6 aromatic carbocycles. The van der Waals surface area contributed by atoms with Crippen molar-refractivity contribution in [2.24, 2.45) is 0 Å². The highest BCUT2D eigenvalue weighted by Gasteiger charge is 2.29. The monoisotopic (exact) mass is 594 g/mol. The maximum Gasteiger partial charge on any atom is 0.147 e. The van der Waals surface area contributed by atoms with Crippen molar-refractivity contribution in [3.63, 3.8) is 0 Å². The second-order valence-electron chi connectivity index (χ2n) is 10.5. The molecule has 0 radical (unpaired) electrons. The summed E-state index contributed by atoms with van der Waals surface area (Å²) in [5, 5.41) is 8.03. The molecule has 7 rings (SSSR count). The standard InChI is InChI=1S/C39H32O2P2/c1-5-17-32(18-6-1)42(33-19-7-2-8-20-33)36-25-13-15-30-27-40-29-41-28-31-16-14-26-37(39(31)38(30)36)43(34-21-9-3-10-22-34)35-23-11-4-12-24-35/h1-26H,27-29H2. The molecule has 1 aliphatic rings. The fourth-order valence-corrected chi connectivity index (χ4v) is 10.9. The van der Waals surface area contributed by atoms with Crippen LogP contribution in [-0.4, -0.2) is 6.79 Å². The van der Waals surface area contributed by atoms with Gasteiger partial charge in [-0.25, -0.2) is 0 Å². The van der Waals surface area contributed by atoms with Crippen molar-refractivity contribution in [1.29, 1.82) is 0 Å². The molecule has 0 atom stereocenters. The van der Waals surface area contributed by atoms with E-state index in [0.717, 1.165) is 0 Å². The molecule has 4 heteroatoms. The molecule has 0 amide bonds. The summed E-state index contributed by atoms with van der Waals surface area (Å²) in [6.45, 7) is 1.27. The lowest BCUT2D eigenvalue weighted by Crippen LogP contribution is -2.27. The van der Waals surface area contributed by atoms with E-state index in [-0.39, 0.29) is 6.79 Å². The molecule has 0 saturated heterocycles. The van der Waals surface area contributed by atoms with Crippen LogP contribution in [0.25, 0.3) is 11.1 Å². The Kier molecular flexibility index (Phi) is 8.55. The lowest BCUT2D eigenvalue weighted by molar-refractivity contribution is -0.0680. The number of benzene rings is 6. The first kappa shape index (κ1) is 27.9. The maximum atomic E-state index is 6.12. The van der Waals surface area contributed by atoms with Gasteiger partial charge in [0.25, 0.3) is 0 Å². The first-order valence-corrected chi connectivity index (χ1v) is 17.3. The Hall–Kier alpha value is -3.90. The second kappa shape index (κ2) is 13.2. The van der Waals surface area contributed by atoms with Gasteiger partial charge in [0.05, 0.1) is 13.2 Å². The summed E-state index contributed by atoms with van der Waals surface area (Å²) in [4.78, 5) is 0. The zero-order valence-electron chi connectivity index (χ0n) is 23.8. The van der Waals surface area contributed by atoms with Crippen molar-refractivity contribution < 1.29 is 9.47 Å². The zero-order chi connectivity index (χ0) is 28.8. The number of fused-ring (bicyclic) bond motifs is 3. The van der Waals surface area contributed by atoms with Gasteiger partial charge in [-0.15, -0.1) is 0 Å². The minimum Gasteiger partial charge on any atom is -0.351 e. The van der Waals surface area contributed by atoms with Gasteiger partial charge in [-0.3, -0.25) is 0 Å². The van der Waals surface area contributed by atoms with Crippen LogP contribution in [0.3, 0.4) is 0 Å². The van der Waals surface area contributed by atoms with Crippen LogP contribution < -0.4 is 31.8 Å². The summed E-state index contributed by atoms with van der Waals surface area (Å²) >= 11 is 0. The van der Waals surface area contributed by atoms with Crippen molar-refractivity contribution >= 4 is 47.7 Å². The lowest BCUT2D eigenvalue weighted by atomic mass is 9.95. The normalized spacial score (nSPS) is 13.1. The molecule has 0 bridgehead atoms. The van der Waals surface area contributed by atoms with Crippen LogP contribution in [-0.2, 0) is 22.7 Å². The highest BCUT2D eigenvalue weighted by atomic mass is 31.1. The van der Waals surface area contributed by atoms with Gasteiger partial charge in [-0.1, -0.05) is 158 Å². The third kappa shape index (κ3) is 5.85. The van der Waals surface area contributed by atoms with Gasteiger partial charge in [0.2, 0.25) is 0 Å². The Bertz CT molecular complexity index is 1580. The summed E-state index contributed by atoms with van der Waals surface area (Å²) in [6, 6.07) is 57.5. The van der Waals surface area contributed by atoms with Crippen LogP contribution in [0.1, 0.15) is 11.1 Å². The fraction of sp³-hybridized carbons (Fsp3) is 0.0769. The molecule has 0 fully saturated rings. The predicted octanol–water partition coefficient (Wildman–Crippen LogP) is 6.87. The van der Waals surface area contributed by atoms with E-state index >= 15 is 0 Å². The summed E-state index contributed by atoms with van der Waals surface area (Å²) in [5.41, 5.74) is 4.98. The number of hydrogen-bond acceptors (Lipinski definition) is 2. The number of hydrogen-bond donors (Lipinski definition) is 0. The number of ether oxygens (including phenoxy) is 2. The number of rotatable bonds is 6. The Morgan fingerprint density at radius 1 is 0.349 bits per heavy atom. The SMILES string of the molecule is c1ccc(P(c2ccccc2)c2cccc3c2-c2c(cccc2P(c2ccccc2)c2ccccc2)COCOC3)cc1. The van der Waals surface area contributed by atoms with Gasteiger partial charge in [-0.2, -0.15) is 0 Å². The summed E-state index contributed by atoms with van der Waals surface area (Å²) in [6.07, 6.45) is 0. The molecule has 0 N–H and O–H groups in total. The highest BCUT2D eigenvalue weighted by Crippen LogP contribution is 2.43. The van der Waals surface area contributed by atoms with E-state index in [2.05, 4.69) is 158 Å². The average Bonchev–Trinajstić information content (AvgIpc) is 3.17. The van der Waals surface area contributed by atoms with E-state index in [9.17, 15) is 0 Å². The van der Waals surface area contributed by atoms with E-state index in [0.29, 0.717) is 13.2 Å². The van der Waals surface area contributed by atoms with Crippen LogP contribution in [0, 0.1) is 0 Å². The van der Waals surface area contributed by atoms with Gasteiger partial charge in [0.1, 0.15) is 6.79 Å². The summed E-state index contributed by atoms with van der Waals surface area (Å²) in [5.74, 6) is 0. The molecule has 0 unspecified atom stereocenters. The molecule has 0 aromatic heterocycles. The summed E-state index contributed by atoms with van der Waals surface area (Å²) < 4.78 is 12.2. The van der Waals surface area contributed by atoms with Crippen LogP contribution in [0.15, 0.2) is 158 Å². The molecular formula is C39H32O2P2. The molecule has 6 aromatic rings. The van der Waals surface area contributed by atoms with Crippen LogP contribution in [0.2, 0.25) is 0 Å². The maximum absolute atomic E-state index is 6.12. The lowest BCUT2D eigenvalue weighted by Gasteiger charge is -2.29. The topological polar surface area (TPSA) is 18.5 Å². The molecule has 43 heavy (non-hydrogen) atoms. The van der Waals surface area contributed by atoms with E-state index < -0.39 is 15.8 Å². The molecule has 2 nitrogen and oxygen atoms in total. The molecule has 1 aliphatic heterocycles. The molecular weight excluding hydrogens is 562 g/mol. The Morgan fingerprint density at radius 2 is 0.674 bits per heavy atom. The van der Waals surface area contributed by atoms with E-state index in [4.69, 9.17) is 9.47 Å². The first-order valence-electron chi connectivity index (χ1n) is 14.6. The Balaban J connectivity index is 1.55. The van der Waals surface area contributed by atoms with Crippen molar-refractivity contribution in [1.82, 2.24) is 0 Å². The quantitative estimate of drug-likeness (QED) is 0.196. The predicted molar refractivity (Wildman–Crippen MR) is 184 cm³/mol. The zero-order valence-corrected chi connectivity index (χ0v) is 25.6. The van der Waals surface area contributed by atoms with Crippen molar-refractivity contribution in [2.75, 3.05) is 6.79 Å². The molecule has 0 aliphatic carbocycles. The van der Waals surface area contributed by atoms with Gasteiger partial charge < -0.3 is 9.47 Å². The minimum atomic E-state index is -0.844. The van der Waals surface area contributed by atoms with E-state index in [1.807, 2.05) is 0 Å². The van der Waals surface area contributed by atoms with Gasteiger partial charge >= 0.3 is 0 Å². The Morgan fingerprint density at radius 3 is 1.00 bits per heavy atom. The molecule has 1 heterocycles. The summed E-state index contributed by atoms with van der Waals surface area (Å²) in [7, 11) is -1.69. The largest absolute Gasteiger partial charge is 0.351 e. The minimum absolute atomic E-state index is 0.269. The van der Waals surface area contributed by atoms with Gasteiger partial charge in [-0.05, 0) is 69.9 Å². The van der Waals surface area contributed by atoms with Crippen molar-refractivity contribution in [3.8, 4) is 11.1 Å². The van der Waals surface area contributed by atoms with Crippen LogP contribution >= 0.6 is 15.8 Å². The third-order valence-corrected chi connectivity index (χ3v) is 12.7. The van der Waals surface area contributed by atoms with Crippen LogP contribution in [0.5, 0.6) is 0 Å². The Labute approximate surface area is 256 Å². The van der Waals surface area contributed by atoms with Gasteiger partial charge in [0.15, 0.2) is 0 Å². The van der Waals surface area contributed by atoms with E-state index in [1.54, 1.807) is 0 Å². The first-order chi connectivity index (χ1) is 21.4. The van der Waals surface area contributed by atoms with Gasteiger partial charge in [0, 0.05) is 0 Å². The van der Waals surface area contributed by atoms with Crippen molar-refractivity contribution in [3.05, 3.63) is 169 Å². The van der Waals surface area contributed by atoms with E-state index in [1.165, 1.54) is 54.1 Å². The molecule has 0 saturated carbocycles. The second-order valence-corrected chi connectivity index (χ2v) is 14.8. The fourth-order valence-electron chi connectivity index (χ4n) is 5.89. The smallest absolute Gasteiger partial charge is 0.147 e.